The van der Waals surface area contributed by atoms with Crippen LogP contribution in [0.4, 0.5) is 0 Å². The highest BCUT2D eigenvalue weighted by atomic mass is 16.2. The number of amides is 2. The number of rotatable bonds is 4. The van der Waals surface area contributed by atoms with Gasteiger partial charge in [0.25, 0.3) is 5.91 Å². The van der Waals surface area contributed by atoms with Crippen molar-refractivity contribution < 1.29 is 9.59 Å². The number of para-hydroxylation sites is 1. The molecule has 162 valence electrons. The van der Waals surface area contributed by atoms with E-state index in [-0.39, 0.29) is 23.9 Å². The second kappa shape index (κ2) is 7.21. The zero-order chi connectivity index (χ0) is 21.1. The van der Waals surface area contributed by atoms with Gasteiger partial charge in [0, 0.05) is 24.6 Å². The molecule has 2 aliphatic carbocycles. The third kappa shape index (κ3) is 3.02. The van der Waals surface area contributed by atoms with E-state index in [1.807, 2.05) is 46.8 Å². The van der Waals surface area contributed by atoms with Crippen LogP contribution in [0.2, 0.25) is 0 Å². The number of benzene rings is 1. The summed E-state index contributed by atoms with van der Waals surface area (Å²) in [4.78, 5) is 31.0. The first-order chi connectivity index (χ1) is 15.1. The van der Waals surface area contributed by atoms with E-state index in [0.29, 0.717) is 18.4 Å². The third-order valence-corrected chi connectivity index (χ3v) is 7.78. The fraction of sp³-hybridized carbons (Fsp3) is 0.560. The number of nitrogens with zero attached hydrogens (tertiary/aromatic N) is 4. The lowest BCUT2D eigenvalue weighted by Crippen LogP contribution is -2.43. The average molecular weight is 419 g/mol. The van der Waals surface area contributed by atoms with Crippen molar-refractivity contribution in [3.63, 3.8) is 0 Å². The van der Waals surface area contributed by atoms with Gasteiger partial charge in [0.15, 0.2) is 0 Å². The minimum Gasteiger partial charge on any atom is -0.340 e. The quantitative estimate of drug-likeness (QED) is 0.757. The van der Waals surface area contributed by atoms with Gasteiger partial charge in [-0.15, -0.1) is 0 Å². The molecule has 3 heterocycles. The minimum absolute atomic E-state index is 0.0940. The Hall–Kier alpha value is -2.63. The van der Waals surface area contributed by atoms with Crippen LogP contribution in [0.1, 0.15) is 72.7 Å². The van der Waals surface area contributed by atoms with Gasteiger partial charge in [0.2, 0.25) is 5.91 Å². The van der Waals surface area contributed by atoms with E-state index in [9.17, 15) is 9.59 Å². The first kappa shape index (κ1) is 19.1. The summed E-state index contributed by atoms with van der Waals surface area (Å²) in [7, 11) is 0. The zero-order valence-corrected chi connectivity index (χ0v) is 18.2. The van der Waals surface area contributed by atoms with Crippen molar-refractivity contribution in [2.75, 3.05) is 13.1 Å². The first-order valence-electron chi connectivity index (χ1n) is 11.9. The summed E-state index contributed by atoms with van der Waals surface area (Å²) in [5, 5.41) is 4.77. The molecule has 1 aromatic carbocycles. The smallest absolute Gasteiger partial charge is 0.273 e. The summed E-state index contributed by atoms with van der Waals surface area (Å²) in [6.45, 7) is 3.50. The maximum Gasteiger partial charge on any atom is 0.273 e. The van der Waals surface area contributed by atoms with Crippen molar-refractivity contribution in [2.24, 2.45) is 11.8 Å². The van der Waals surface area contributed by atoms with Gasteiger partial charge in [-0.05, 0) is 57.1 Å². The molecule has 6 rings (SSSR count). The molecule has 3 fully saturated rings. The fourth-order valence-corrected chi connectivity index (χ4v) is 6.11. The average Bonchev–Trinajstić information content (AvgIpc) is 3.18. The van der Waals surface area contributed by atoms with Crippen LogP contribution in [0.15, 0.2) is 30.3 Å². The van der Waals surface area contributed by atoms with Gasteiger partial charge in [-0.2, -0.15) is 5.10 Å². The molecule has 0 N–H and O–H groups in total. The third-order valence-electron chi connectivity index (χ3n) is 7.78. The number of aryl methyl sites for hydroxylation is 1. The van der Waals surface area contributed by atoms with Crippen LogP contribution < -0.4 is 0 Å². The number of likely N-dealkylation sites (tertiary alicyclic amines) is 1. The van der Waals surface area contributed by atoms with E-state index in [1.54, 1.807) is 0 Å². The highest BCUT2D eigenvalue weighted by Gasteiger charge is 2.52. The van der Waals surface area contributed by atoms with Crippen LogP contribution in [-0.4, -0.2) is 50.5 Å². The highest BCUT2D eigenvalue weighted by Crippen LogP contribution is 2.52. The lowest BCUT2D eigenvalue weighted by molar-refractivity contribution is -0.134. The number of aromatic nitrogens is 2. The molecule has 6 nitrogen and oxygen atoms in total. The summed E-state index contributed by atoms with van der Waals surface area (Å²) in [5.74, 6) is 1.14. The van der Waals surface area contributed by atoms with Gasteiger partial charge in [-0.25, -0.2) is 4.68 Å². The van der Waals surface area contributed by atoms with Gasteiger partial charge in [0.1, 0.15) is 5.69 Å². The SMILES string of the molecule is Cc1nn(-c2ccccc2)c2c1C(C1CC1)N(C1CCN(C(=O)C3CCCC3)C1)C2=O. The summed E-state index contributed by atoms with van der Waals surface area (Å²) in [6.07, 6.45) is 7.63. The number of carbonyl (C=O) groups is 2. The Bertz CT molecular complexity index is 1020. The zero-order valence-electron chi connectivity index (χ0n) is 18.2. The normalized spacial score (nSPS) is 26.2. The predicted molar refractivity (Wildman–Crippen MR) is 117 cm³/mol. The molecular weight excluding hydrogens is 388 g/mol. The Balaban J connectivity index is 1.32. The molecule has 2 atom stereocenters. The molecule has 2 amide bonds. The maximum atomic E-state index is 13.8. The maximum absolute atomic E-state index is 13.8. The molecule has 2 aliphatic heterocycles. The van der Waals surface area contributed by atoms with Gasteiger partial charge < -0.3 is 9.80 Å². The molecule has 31 heavy (non-hydrogen) atoms. The fourth-order valence-electron chi connectivity index (χ4n) is 6.11. The van der Waals surface area contributed by atoms with Crippen LogP contribution in [0.3, 0.4) is 0 Å². The number of carbonyl (C=O) groups excluding carboxylic acids is 2. The molecule has 1 saturated heterocycles. The molecule has 0 bridgehead atoms. The summed E-state index contributed by atoms with van der Waals surface area (Å²) in [5.41, 5.74) is 3.75. The van der Waals surface area contributed by atoms with Crippen LogP contribution in [0.5, 0.6) is 0 Å². The van der Waals surface area contributed by atoms with E-state index < -0.39 is 0 Å². The summed E-state index contributed by atoms with van der Waals surface area (Å²) < 4.78 is 1.85. The van der Waals surface area contributed by atoms with Crippen molar-refractivity contribution >= 4 is 11.8 Å². The van der Waals surface area contributed by atoms with Crippen molar-refractivity contribution in [3.8, 4) is 5.69 Å². The van der Waals surface area contributed by atoms with E-state index >= 15 is 0 Å². The second-order valence-corrected chi connectivity index (χ2v) is 9.80. The number of fused-ring (bicyclic) bond motifs is 1. The Labute approximate surface area is 183 Å². The predicted octanol–water partition coefficient (Wildman–Crippen LogP) is 3.88. The summed E-state index contributed by atoms with van der Waals surface area (Å²) >= 11 is 0. The van der Waals surface area contributed by atoms with E-state index in [1.165, 1.54) is 25.7 Å². The van der Waals surface area contributed by atoms with Gasteiger partial charge >= 0.3 is 0 Å². The molecule has 4 aliphatic rings. The van der Waals surface area contributed by atoms with E-state index in [4.69, 9.17) is 5.10 Å². The van der Waals surface area contributed by atoms with Crippen molar-refractivity contribution in [1.82, 2.24) is 19.6 Å². The summed E-state index contributed by atoms with van der Waals surface area (Å²) in [6, 6.07) is 10.2. The number of hydrogen-bond acceptors (Lipinski definition) is 3. The minimum atomic E-state index is 0.0940. The molecule has 2 unspecified atom stereocenters. The van der Waals surface area contributed by atoms with Gasteiger partial charge in [0.05, 0.1) is 23.5 Å². The topological polar surface area (TPSA) is 58.4 Å². The van der Waals surface area contributed by atoms with E-state index in [0.717, 1.165) is 48.4 Å². The Morgan fingerprint density at radius 3 is 2.48 bits per heavy atom. The Morgan fingerprint density at radius 1 is 1.03 bits per heavy atom. The van der Waals surface area contributed by atoms with Crippen LogP contribution in [-0.2, 0) is 4.79 Å². The van der Waals surface area contributed by atoms with Gasteiger partial charge in [-0.1, -0.05) is 31.0 Å². The Morgan fingerprint density at radius 2 is 1.77 bits per heavy atom. The molecular formula is C25H30N4O2. The molecule has 2 saturated carbocycles. The molecule has 6 heteroatoms. The first-order valence-corrected chi connectivity index (χ1v) is 11.9. The monoisotopic (exact) mass is 418 g/mol. The van der Waals surface area contributed by atoms with E-state index in [2.05, 4.69) is 4.90 Å². The molecule has 2 aromatic rings. The highest BCUT2D eigenvalue weighted by molar-refractivity contribution is 5.99. The molecule has 1 aromatic heterocycles. The van der Waals surface area contributed by atoms with Crippen LogP contribution in [0, 0.1) is 18.8 Å². The lowest BCUT2D eigenvalue weighted by Gasteiger charge is -2.32. The van der Waals surface area contributed by atoms with Crippen molar-refractivity contribution in [2.45, 2.75) is 64.0 Å². The van der Waals surface area contributed by atoms with Crippen molar-refractivity contribution in [1.29, 1.82) is 0 Å². The molecule has 0 radical (unpaired) electrons. The Kier molecular flexibility index (Phi) is 4.44. The molecule has 0 spiro atoms. The van der Waals surface area contributed by atoms with Gasteiger partial charge in [-0.3, -0.25) is 9.59 Å². The lowest BCUT2D eigenvalue weighted by atomic mass is 10.0. The van der Waals surface area contributed by atoms with Crippen LogP contribution in [0.25, 0.3) is 5.69 Å². The van der Waals surface area contributed by atoms with Crippen LogP contribution >= 0.6 is 0 Å². The largest absolute Gasteiger partial charge is 0.340 e. The van der Waals surface area contributed by atoms with Crippen molar-refractivity contribution in [3.05, 3.63) is 47.3 Å². The number of hydrogen-bond donors (Lipinski definition) is 0. The second-order valence-electron chi connectivity index (χ2n) is 9.80. The standard InChI is InChI=1S/C25H30N4O2/c1-16-21-22(17-11-12-17)28(20-13-14-27(15-20)24(30)18-7-5-6-8-18)25(31)23(21)29(26-16)19-9-3-2-4-10-19/h2-4,9-10,17-18,20,22H,5-8,11-15H2,1H3.